The van der Waals surface area contributed by atoms with Crippen LogP contribution in [0, 0.1) is 0 Å². The van der Waals surface area contributed by atoms with E-state index >= 15 is 0 Å². The molecule has 1 heterocycles. The van der Waals surface area contributed by atoms with Crippen LogP contribution in [0.25, 0.3) is 0 Å². The molecule has 0 bridgehead atoms. The standard InChI is InChI=1S/C13H13Cl2N5O4/c14-7-3-4-9(8(15)6-7)22-5-1-2-10(21)23-19-12(16)11-13(17)20-24-18-11/h3-4,6H,1-2,5H2,(H2,16,19)(H2,17,20)/p+1. The van der Waals surface area contributed by atoms with Crippen LogP contribution in [0.3, 0.4) is 0 Å². The number of nitrogens with two attached hydrogens (primary N) is 2. The molecule has 2 aromatic rings. The van der Waals surface area contributed by atoms with Gasteiger partial charge in [-0.3, -0.25) is 0 Å². The summed E-state index contributed by atoms with van der Waals surface area (Å²) in [6, 6.07) is 4.87. The van der Waals surface area contributed by atoms with Gasteiger partial charge in [-0.25, -0.2) is 4.79 Å². The van der Waals surface area contributed by atoms with Crippen molar-refractivity contribution in [1.82, 2.24) is 5.16 Å². The van der Waals surface area contributed by atoms with Crippen molar-refractivity contribution < 1.29 is 24.2 Å². The number of anilines is 1. The number of ether oxygens (including phenoxy) is 1. The average Bonchev–Trinajstić information content (AvgIpc) is 2.97. The lowest BCUT2D eigenvalue weighted by Crippen LogP contribution is -2.19. The van der Waals surface area contributed by atoms with Crippen molar-refractivity contribution in [2.75, 3.05) is 12.3 Å². The summed E-state index contributed by atoms with van der Waals surface area (Å²) in [7, 11) is 0. The number of H-pyrrole nitrogens is 1. The van der Waals surface area contributed by atoms with Crippen molar-refractivity contribution >= 4 is 40.8 Å². The zero-order valence-electron chi connectivity index (χ0n) is 12.3. The monoisotopic (exact) mass is 374 g/mol. The minimum atomic E-state index is -0.588. The predicted molar refractivity (Wildman–Crippen MR) is 85.5 cm³/mol. The molecule has 5 N–H and O–H groups in total. The van der Waals surface area contributed by atoms with Crippen molar-refractivity contribution in [3.63, 3.8) is 0 Å². The van der Waals surface area contributed by atoms with Crippen molar-refractivity contribution in [1.29, 1.82) is 0 Å². The number of rotatable bonds is 7. The molecule has 0 atom stereocenters. The van der Waals surface area contributed by atoms with Crippen molar-refractivity contribution in [3.05, 3.63) is 33.9 Å². The summed E-state index contributed by atoms with van der Waals surface area (Å²) in [5.41, 5.74) is 11.1. The molecule has 0 aliphatic rings. The van der Waals surface area contributed by atoms with E-state index in [9.17, 15) is 4.79 Å². The van der Waals surface area contributed by atoms with Gasteiger partial charge in [-0.2, -0.15) is 0 Å². The lowest BCUT2D eigenvalue weighted by molar-refractivity contribution is -0.610. The molecule has 1 aromatic heterocycles. The van der Waals surface area contributed by atoms with Gasteiger partial charge in [0.15, 0.2) is 0 Å². The summed E-state index contributed by atoms with van der Waals surface area (Å²) in [5.74, 6) is -0.222. The highest BCUT2D eigenvalue weighted by atomic mass is 35.5. The van der Waals surface area contributed by atoms with Gasteiger partial charge in [0, 0.05) is 5.02 Å². The van der Waals surface area contributed by atoms with Crippen LogP contribution >= 0.6 is 23.2 Å². The minimum absolute atomic E-state index is 0.0588. The van der Waals surface area contributed by atoms with Gasteiger partial charge in [-0.15, -0.1) is 4.63 Å². The highest BCUT2D eigenvalue weighted by Gasteiger charge is 2.18. The van der Waals surface area contributed by atoms with E-state index in [4.69, 9.17) is 39.4 Å². The van der Waals surface area contributed by atoms with E-state index < -0.39 is 5.97 Å². The molecule has 0 amide bonds. The molecule has 2 rings (SSSR count). The second kappa shape index (κ2) is 8.37. The van der Waals surface area contributed by atoms with Gasteiger partial charge in [0.2, 0.25) is 5.84 Å². The van der Waals surface area contributed by atoms with Crippen LogP contribution in [0.1, 0.15) is 18.5 Å². The summed E-state index contributed by atoms with van der Waals surface area (Å²) in [5, 5.41) is 10.1. The lowest BCUT2D eigenvalue weighted by atomic mass is 10.3. The Bertz CT molecular complexity index is 750. The molecular formula is C13H14Cl2N5O4+. The van der Waals surface area contributed by atoms with Gasteiger partial charge in [0.05, 0.1) is 23.2 Å². The van der Waals surface area contributed by atoms with Crippen molar-refractivity contribution in [2.45, 2.75) is 12.8 Å². The Hall–Kier alpha value is -2.52. The smallest absolute Gasteiger partial charge is 0.335 e. The number of nitrogens with one attached hydrogen (secondary N) is 1. The Morgan fingerprint density at radius 2 is 2.21 bits per heavy atom. The number of nitrogen functional groups attached to an aromatic ring is 1. The fraction of sp³-hybridized carbons (Fsp3) is 0.231. The summed E-state index contributed by atoms with van der Waals surface area (Å²) in [6.07, 6.45) is 0.468. The Kier molecular flexibility index (Phi) is 6.21. The molecule has 0 radical (unpaired) electrons. The molecule has 128 valence electrons. The minimum Gasteiger partial charge on any atom is -0.492 e. The number of aromatic nitrogens is 2. The number of aromatic amines is 1. The van der Waals surface area contributed by atoms with E-state index in [0.717, 1.165) is 0 Å². The Morgan fingerprint density at radius 3 is 2.88 bits per heavy atom. The largest absolute Gasteiger partial charge is 0.492 e. The Morgan fingerprint density at radius 1 is 1.42 bits per heavy atom. The number of halogens is 2. The van der Waals surface area contributed by atoms with Crippen LogP contribution in [0.4, 0.5) is 5.82 Å². The third-order valence-corrected chi connectivity index (χ3v) is 3.24. The van der Waals surface area contributed by atoms with E-state index in [-0.39, 0.29) is 30.4 Å². The van der Waals surface area contributed by atoms with Crippen LogP contribution in [0.15, 0.2) is 28.0 Å². The first-order valence-electron chi connectivity index (χ1n) is 6.71. The predicted octanol–water partition coefficient (Wildman–Crippen LogP) is 1.40. The third kappa shape index (κ3) is 5.00. The first-order chi connectivity index (χ1) is 11.5. The van der Waals surface area contributed by atoms with E-state index in [1.807, 2.05) is 0 Å². The fourth-order valence-electron chi connectivity index (χ4n) is 1.58. The second-order valence-corrected chi connectivity index (χ2v) is 5.36. The second-order valence-electron chi connectivity index (χ2n) is 4.51. The van der Waals surface area contributed by atoms with Crippen molar-refractivity contribution in [2.24, 2.45) is 10.9 Å². The molecule has 0 spiro atoms. The number of benzene rings is 1. The van der Waals surface area contributed by atoms with Gasteiger partial charge in [-0.05, 0) is 24.6 Å². The molecule has 0 aliphatic heterocycles. The quantitative estimate of drug-likeness (QED) is 0.245. The maximum atomic E-state index is 11.6. The molecule has 11 heteroatoms. The normalized spacial score (nSPS) is 11.3. The lowest BCUT2D eigenvalue weighted by Gasteiger charge is -2.07. The van der Waals surface area contributed by atoms with E-state index in [1.165, 1.54) is 0 Å². The number of amidine groups is 1. The van der Waals surface area contributed by atoms with E-state index in [0.29, 0.717) is 22.2 Å². The van der Waals surface area contributed by atoms with Gasteiger partial charge in [0.1, 0.15) is 5.75 Å². The molecule has 0 unspecified atom stereocenters. The summed E-state index contributed by atoms with van der Waals surface area (Å²) < 4.78 is 9.92. The van der Waals surface area contributed by atoms with Crippen molar-refractivity contribution in [3.8, 4) is 5.75 Å². The Balaban J connectivity index is 1.73. The van der Waals surface area contributed by atoms with Crippen LogP contribution in [0.2, 0.25) is 10.0 Å². The summed E-state index contributed by atoms with van der Waals surface area (Å²) >= 11 is 11.7. The SMILES string of the molecule is NC(=NOC(=O)CCCOc1ccc(Cl)cc1Cl)c1no[nH+]c1N. The Labute approximate surface area is 146 Å². The molecule has 0 aliphatic carbocycles. The zero-order valence-corrected chi connectivity index (χ0v) is 13.8. The highest BCUT2D eigenvalue weighted by molar-refractivity contribution is 6.35. The first kappa shape index (κ1) is 17.8. The number of carbonyl (C=O) groups excluding carboxylic acids is 1. The van der Waals surface area contributed by atoms with Gasteiger partial charge >= 0.3 is 17.5 Å². The van der Waals surface area contributed by atoms with E-state index in [1.54, 1.807) is 18.2 Å². The summed E-state index contributed by atoms with van der Waals surface area (Å²) in [6.45, 7) is 0.265. The van der Waals surface area contributed by atoms with Crippen LogP contribution < -0.4 is 21.4 Å². The molecular weight excluding hydrogens is 361 g/mol. The van der Waals surface area contributed by atoms with Gasteiger partial charge < -0.3 is 21.0 Å². The molecule has 0 saturated carbocycles. The number of oxime groups is 1. The van der Waals surface area contributed by atoms with Gasteiger partial charge in [-0.1, -0.05) is 33.5 Å². The average molecular weight is 375 g/mol. The topological polar surface area (TPSA) is 140 Å². The third-order valence-electron chi connectivity index (χ3n) is 2.71. The maximum Gasteiger partial charge on any atom is 0.335 e. The van der Waals surface area contributed by atoms with Gasteiger partial charge in [0.25, 0.3) is 0 Å². The van der Waals surface area contributed by atoms with Crippen LogP contribution in [-0.4, -0.2) is 23.6 Å². The molecule has 24 heavy (non-hydrogen) atoms. The molecule has 9 nitrogen and oxygen atoms in total. The molecule has 0 saturated heterocycles. The highest BCUT2D eigenvalue weighted by Crippen LogP contribution is 2.27. The van der Waals surface area contributed by atoms with E-state index in [2.05, 4.69) is 24.9 Å². The molecule has 0 fully saturated rings. The number of hydrogen-bond acceptors (Lipinski definition) is 7. The number of nitrogens with zero attached hydrogens (tertiary/aromatic N) is 2. The van der Waals surface area contributed by atoms with Crippen LogP contribution in [-0.2, 0) is 9.63 Å². The number of carbonyl (C=O) groups is 1. The zero-order chi connectivity index (χ0) is 17.5. The van der Waals surface area contributed by atoms with Crippen LogP contribution in [0.5, 0.6) is 5.75 Å². The fourth-order valence-corrected chi connectivity index (χ4v) is 2.04. The number of hydrogen-bond donors (Lipinski definition) is 2. The molecule has 1 aromatic carbocycles. The first-order valence-corrected chi connectivity index (χ1v) is 7.47. The summed E-state index contributed by atoms with van der Waals surface area (Å²) in [4.78, 5) is 16.2. The maximum absolute atomic E-state index is 11.6.